The minimum atomic E-state index is -0.783. The first-order valence-electron chi connectivity index (χ1n) is 5.59. The van der Waals surface area contributed by atoms with E-state index < -0.39 is 5.41 Å². The van der Waals surface area contributed by atoms with Gasteiger partial charge in [-0.3, -0.25) is 9.59 Å². The van der Waals surface area contributed by atoms with Gasteiger partial charge in [0.1, 0.15) is 0 Å². The zero-order valence-electron chi connectivity index (χ0n) is 10.8. The zero-order valence-corrected chi connectivity index (χ0v) is 10.8. The Hall–Kier alpha value is -1.06. The third-order valence-corrected chi connectivity index (χ3v) is 2.38. The van der Waals surface area contributed by atoms with E-state index in [9.17, 15) is 9.59 Å². The number of carbonyl (C=O) groups is 2. The number of ether oxygens (including phenoxy) is 2. The van der Waals surface area contributed by atoms with Gasteiger partial charge in [0.15, 0.2) is 0 Å². The Balaban J connectivity index is 4.65. The molecule has 16 heavy (non-hydrogen) atoms. The minimum Gasteiger partial charge on any atom is -0.469 e. The van der Waals surface area contributed by atoms with E-state index >= 15 is 0 Å². The summed E-state index contributed by atoms with van der Waals surface area (Å²) in [4.78, 5) is 23.1. The molecule has 0 fully saturated rings. The molecule has 0 radical (unpaired) electrons. The molecule has 1 atom stereocenters. The molecule has 0 aliphatic heterocycles. The molecular weight excluding hydrogens is 208 g/mol. The average molecular weight is 230 g/mol. The lowest BCUT2D eigenvalue weighted by Gasteiger charge is -2.27. The number of esters is 2. The molecule has 0 saturated heterocycles. The van der Waals surface area contributed by atoms with Gasteiger partial charge >= 0.3 is 11.9 Å². The molecule has 0 N–H and O–H groups in total. The van der Waals surface area contributed by atoms with Crippen molar-refractivity contribution in [2.75, 3.05) is 13.7 Å². The normalized spacial score (nSPS) is 14.4. The molecule has 0 aliphatic carbocycles. The topological polar surface area (TPSA) is 52.6 Å². The van der Waals surface area contributed by atoms with Gasteiger partial charge in [-0.15, -0.1) is 0 Å². The van der Waals surface area contributed by atoms with Crippen LogP contribution in [0.25, 0.3) is 0 Å². The van der Waals surface area contributed by atoms with E-state index in [-0.39, 0.29) is 18.4 Å². The first kappa shape index (κ1) is 14.9. The summed E-state index contributed by atoms with van der Waals surface area (Å²) in [6, 6.07) is 0. The zero-order chi connectivity index (χ0) is 12.8. The number of hydrogen-bond donors (Lipinski definition) is 0. The van der Waals surface area contributed by atoms with E-state index in [4.69, 9.17) is 9.47 Å². The Bertz CT molecular complexity index is 247. The van der Waals surface area contributed by atoms with Crippen LogP contribution in [0.3, 0.4) is 0 Å². The Morgan fingerprint density at radius 1 is 1.31 bits per heavy atom. The van der Waals surface area contributed by atoms with Crippen molar-refractivity contribution in [1.82, 2.24) is 0 Å². The summed E-state index contributed by atoms with van der Waals surface area (Å²) < 4.78 is 9.62. The second kappa shape index (κ2) is 6.51. The SMILES string of the molecule is CCOC(=O)CC(C)(CC(C)C)C(=O)OC. The second-order valence-electron chi connectivity index (χ2n) is 4.63. The van der Waals surface area contributed by atoms with Crippen LogP contribution in [-0.2, 0) is 19.1 Å². The maximum absolute atomic E-state index is 11.7. The van der Waals surface area contributed by atoms with E-state index in [1.54, 1.807) is 13.8 Å². The van der Waals surface area contributed by atoms with Crippen LogP contribution in [0.1, 0.15) is 40.5 Å². The summed E-state index contributed by atoms with van der Waals surface area (Å²) in [5.74, 6) is -0.385. The van der Waals surface area contributed by atoms with E-state index in [1.807, 2.05) is 13.8 Å². The molecule has 4 nitrogen and oxygen atoms in total. The molecular formula is C12H22O4. The van der Waals surface area contributed by atoms with Gasteiger partial charge in [0.2, 0.25) is 0 Å². The van der Waals surface area contributed by atoms with Gasteiger partial charge in [-0.1, -0.05) is 13.8 Å². The van der Waals surface area contributed by atoms with Gasteiger partial charge in [-0.25, -0.2) is 0 Å². The maximum Gasteiger partial charge on any atom is 0.312 e. The highest BCUT2D eigenvalue weighted by Gasteiger charge is 2.37. The fraction of sp³-hybridized carbons (Fsp3) is 0.833. The highest BCUT2D eigenvalue weighted by molar-refractivity contribution is 5.83. The number of methoxy groups -OCH3 is 1. The smallest absolute Gasteiger partial charge is 0.312 e. The summed E-state index contributed by atoms with van der Waals surface area (Å²) in [6.07, 6.45) is 0.685. The third kappa shape index (κ3) is 4.64. The fourth-order valence-electron chi connectivity index (χ4n) is 1.91. The predicted octanol–water partition coefficient (Wildman–Crippen LogP) is 2.17. The van der Waals surface area contributed by atoms with Gasteiger partial charge in [-0.2, -0.15) is 0 Å². The van der Waals surface area contributed by atoms with Gasteiger partial charge in [0, 0.05) is 0 Å². The largest absolute Gasteiger partial charge is 0.469 e. The van der Waals surface area contributed by atoms with Crippen LogP contribution in [0.4, 0.5) is 0 Å². The van der Waals surface area contributed by atoms with Crippen LogP contribution in [0, 0.1) is 11.3 Å². The van der Waals surface area contributed by atoms with Gasteiger partial charge in [0.25, 0.3) is 0 Å². The number of rotatable bonds is 6. The number of carbonyl (C=O) groups excluding carboxylic acids is 2. The van der Waals surface area contributed by atoms with Crippen LogP contribution < -0.4 is 0 Å². The molecule has 94 valence electrons. The lowest BCUT2D eigenvalue weighted by molar-refractivity contribution is -0.160. The van der Waals surface area contributed by atoms with Crippen molar-refractivity contribution in [3.63, 3.8) is 0 Å². The molecule has 0 spiro atoms. The van der Waals surface area contributed by atoms with E-state index in [0.717, 1.165) is 0 Å². The van der Waals surface area contributed by atoms with Crippen molar-refractivity contribution in [1.29, 1.82) is 0 Å². The monoisotopic (exact) mass is 230 g/mol. The standard InChI is InChI=1S/C12H22O4/c1-6-16-10(13)8-12(4,7-9(2)3)11(14)15-5/h9H,6-8H2,1-5H3. The van der Waals surface area contributed by atoms with Crippen LogP contribution in [0.2, 0.25) is 0 Å². The van der Waals surface area contributed by atoms with Crippen molar-refractivity contribution in [2.45, 2.75) is 40.5 Å². The second-order valence-corrected chi connectivity index (χ2v) is 4.63. The molecule has 0 heterocycles. The van der Waals surface area contributed by atoms with Crippen molar-refractivity contribution in [3.05, 3.63) is 0 Å². The average Bonchev–Trinajstić information content (AvgIpc) is 2.15. The molecule has 0 amide bonds. The van der Waals surface area contributed by atoms with Crippen molar-refractivity contribution in [2.24, 2.45) is 11.3 Å². The highest BCUT2D eigenvalue weighted by Crippen LogP contribution is 2.31. The summed E-state index contributed by atoms with van der Waals surface area (Å²) in [5.41, 5.74) is -0.783. The van der Waals surface area contributed by atoms with Crippen molar-refractivity contribution in [3.8, 4) is 0 Å². The lowest BCUT2D eigenvalue weighted by atomic mass is 9.79. The Morgan fingerprint density at radius 2 is 1.88 bits per heavy atom. The molecule has 0 bridgehead atoms. The van der Waals surface area contributed by atoms with Crippen LogP contribution in [0.5, 0.6) is 0 Å². The van der Waals surface area contributed by atoms with Gasteiger partial charge in [-0.05, 0) is 26.2 Å². The van der Waals surface area contributed by atoms with Crippen LogP contribution in [-0.4, -0.2) is 25.7 Å². The summed E-state index contributed by atoms with van der Waals surface area (Å²) in [7, 11) is 1.34. The minimum absolute atomic E-state index is 0.0751. The molecule has 4 heteroatoms. The van der Waals surface area contributed by atoms with Crippen molar-refractivity contribution >= 4 is 11.9 Å². The summed E-state index contributed by atoms with van der Waals surface area (Å²) in [6.45, 7) is 7.84. The molecule has 0 saturated carbocycles. The maximum atomic E-state index is 11.7. The van der Waals surface area contributed by atoms with Crippen molar-refractivity contribution < 1.29 is 19.1 Å². The fourth-order valence-corrected chi connectivity index (χ4v) is 1.91. The first-order chi connectivity index (χ1) is 7.35. The van der Waals surface area contributed by atoms with E-state index in [2.05, 4.69) is 0 Å². The first-order valence-corrected chi connectivity index (χ1v) is 5.59. The highest BCUT2D eigenvalue weighted by atomic mass is 16.5. The molecule has 0 aliphatic rings. The Morgan fingerprint density at radius 3 is 2.25 bits per heavy atom. The van der Waals surface area contributed by atoms with Crippen LogP contribution in [0.15, 0.2) is 0 Å². The predicted molar refractivity (Wildman–Crippen MR) is 60.8 cm³/mol. The van der Waals surface area contributed by atoms with E-state index in [1.165, 1.54) is 7.11 Å². The number of hydrogen-bond acceptors (Lipinski definition) is 4. The molecule has 0 aromatic heterocycles. The van der Waals surface area contributed by atoms with Crippen LogP contribution >= 0.6 is 0 Å². The summed E-state index contributed by atoms with van der Waals surface area (Å²) >= 11 is 0. The van der Waals surface area contributed by atoms with Gasteiger partial charge < -0.3 is 9.47 Å². The molecule has 1 unspecified atom stereocenters. The Kier molecular flexibility index (Phi) is 6.08. The molecule has 0 aromatic carbocycles. The molecule has 0 aromatic rings. The van der Waals surface area contributed by atoms with E-state index in [0.29, 0.717) is 18.9 Å². The quantitative estimate of drug-likeness (QED) is 0.656. The Labute approximate surface area is 97.3 Å². The lowest BCUT2D eigenvalue weighted by Crippen LogP contribution is -2.33. The molecule has 0 rings (SSSR count). The van der Waals surface area contributed by atoms with Gasteiger partial charge in [0.05, 0.1) is 25.6 Å². The third-order valence-electron chi connectivity index (χ3n) is 2.38. The summed E-state index contributed by atoms with van der Waals surface area (Å²) in [5, 5.41) is 0.